The van der Waals surface area contributed by atoms with Gasteiger partial charge < -0.3 is 4.74 Å². The van der Waals surface area contributed by atoms with E-state index >= 15 is 0 Å². The number of aromatic amines is 1. The summed E-state index contributed by atoms with van der Waals surface area (Å²) < 4.78 is 19.0. The molecule has 0 radical (unpaired) electrons. The van der Waals surface area contributed by atoms with Crippen LogP contribution in [-0.2, 0) is 4.74 Å². The number of nitrogens with one attached hydrogen (secondary N) is 1. The van der Waals surface area contributed by atoms with Crippen LogP contribution in [0.5, 0.6) is 0 Å². The Kier molecular flexibility index (Phi) is 2.83. The zero-order chi connectivity index (χ0) is 12.5. The average Bonchev–Trinajstić information content (AvgIpc) is 2.82. The fraction of sp³-hybridized carbons (Fsp3) is 0.385. The zero-order valence-electron chi connectivity index (χ0n) is 9.78. The third-order valence-corrected chi connectivity index (χ3v) is 3.30. The highest BCUT2D eigenvalue weighted by Crippen LogP contribution is 2.32. The predicted octanol–water partition coefficient (Wildman–Crippen LogP) is 2.76. The van der Waals surface area contributed by atoms with Gasteiger partial charge in [0.15, 0.2) is 6.29 Å². The number of nitrogens with zero attached hydrogens (tertiary/aromatic N) is 1. The summed E-state index contributed by atoms with van der Waals surface area (Å²) in [6.45, 7) is 0.705. The monoisotopic (exact) mass is 248 g/mol. The number of benzene rings is 1. The van der Waals surface area contributed by atoms with Crippen molar-refractivity contribution in [2.45, 2.75) is 25.4 Å². The second-order valence-electron chi connectivity index (χ2n) is 4.50. The number of aromatic nitrogens is 2. The molecule has 1 atom stereocenters. The molecule has 0 amide bonds. The van der Waals surface area contributed by atoms with E-state index in [1.807, 2.05) is 0 Å². The molecule has 94 valence electrons. The molecule has 0 bridgehead atoms. The van der Waals surface area contributed by atoms with Gasteiger partial charge in [-0.05, 0) is 31.4 Å². The van der Waals surface area contributed by atoms with E-state index in [9.17, 15) is 9.18 Å². The highest BCUT2D eigenvalue weighted by molar-refractivity contribution is 5.98. The topological polar surface area (TPSA) is 55.0 Å². The molecule has 18 heavy (non-hydrogen) atoms. The highest BCUT2D eigenvalue weighted by Gasteiger charge is 2.23. The Morgan fingerprint density at radius 2 is 2.33 bits per heavy atom. The first-order chi connectivity index (χ1) is 8.79. The maximum absolute atomic E-state index is 13.3. The minimum Gasteiger partial charge on any atom is -0.372 e. The second-order valence-corrected chi connectivity index (χ2v) is 4.50. The number of carbonyl (C=O) groups excluding carboxylic acids is 1. The number of carbonyl (C=O) groups is 1. The van der Waals surface area contributed by atoms with E-state index in [4.69, 9.17) is 4.74 Å². The first-order valence-electron chi connectivity index (χ1n) is 6.04. The predicted molar refractivity (Wildman–Crippen MR) is 64.0 cm³/mol. The van der Waals surface area contributed by atoms with Gasteiger partial charge in [-0.25, -0.2) is 4.39 Å². The van der Waals surface area contributed by atoms with Crippen molar-refractivity contribution < 1.29 is 13.9 Å². The van der Waals surface area contributed by atoms with Gasteiger partial charge in [0.1, 0.15) is 11.9 Å². The molecule has 3 rings (SSSR count). The summed E-state index contributed by atoms with van der Waals surface area (Å²) in [5.74, 6) is -0.440. The smallest absolute Gasteiger partial charge is 0.150 e. The molecule has 0 aliphatic carbocycles. The Morgan fingerprint density at radius 3 is 3.06 bits per heavy atom. The Labute approximate surface area is 103 Å². The van der Waals surface area contributed by atoms with Crippen molar-refractivity contribution in [3.63, 3.8) is 0 Å². The fourth-order valence-corrected chi connectivity index (χ4v) is 2.46. The SMILES string of the molecule is O=Cc1cc(F)cc2[nH]nc(C3CCCCO3)c12. The normalized spacial score (nSPS) is 20.2. The molecule has 1 N–H and O–H groups in total. The molecule has 2 aromatic rings. The van der Waals surface area contributed by atoms with Gasteiger partial charge in [0.05, 0.1) is 11.2 Å². The van der Waals surface area contributed by atoms with Crippen LogP contribution in [0.3, 0.4) is 0 Å². The first-order valence-corrected chi connectivity index (χ1v) is 6.04. The van der Waals surface area contributed by atoms with Gasteiger partial charge in [-0.15, -0.1) is 0 Å². The van der Waals surface area contributed by atoms with Gasteiger partial charge in [-0.3, -0.25) is 9.89 Å². The third kappa shape index (κ3) is 1.80. The summed E-state index contributed by atoms with van der Waals surface area (Å²) >= 11 is 0. The van der Waals surface area contributed by atoms with Gasteiger partial charge in [-0.2, -0.15) is 5.10 Å². The molecular formula is C13H13FN2O2. The maximum Gasteiger partial charge on any atom is 0.150 e. The lowest BCUT2D eigenvalue weighted by Crippen LogP contribution is -2.12. The molecule has 1 aliphatic rings. The highest BCUT2D eigenvalue weighted by atomic mass is 19.1. The van der Waals surface area contributed by atoms with Crippen LogP contribution >= 0.6 is 0 Å². The summed E-state index contributed by atoms with van der Waals surface area (Å²) in [5, 5.41) is 7.64. The largest absolute Gasteiger partial charge is 0.372 e. The number of ether oxygens (including phenoxy) is 1. The van der Waals surface area contributed by atoms with Gasteiger partial charge in [0.25, 0.3) is 0 Å². The fourth-order valence-electron chi connectivity index (χ4n) is 2.46. The van der Waals surface area contributed by atoms with E-state index < -0.39 is 5.82 Å². The summed E-state index contributed by atoms with van der Waals surface area (Å²) in [4.78, 5) is 11.1. The van der Waals surface area contributed by atoms with Crippen LogP contribution < -0.4 is 0 Å². The van der Waals surface area contributed by atoms with Crippen LogP contribution in [0.4, 0.5) is 4.39 Å². The molecule has 1 unspecified atom stereocenters. The first kappa shape index (κ1) is 11.3. The third-order valence-electron chi connectivity index (χ3n) is 3.30. The molecule has 2 heterocycles. The molecule has 0 saturated carbocycles. The van der Waals surface area contributed by atoms with E-state index in [0.717, 1.165) is 19.3 Å². The molecule has 1 fully saturated rings. The molecule has 1 aromatic carbocycles. The number of fused-ring (bicyclic) bond motifs is 1. The van der Waals surface area contributed by atoms with Crippen LogP contribution in [0.1, 0.15) is 41.4 Å². The van der Waals surface area contributed by atoms with Gasteiger partial charge >= 0.3 is 0 Å². The number of H-pyrrole nitrogens is 1. The van der Waals surface area contributed by atoms with E-state index in [0.29, 0.717) is 35.1 Å². The number of hydrogen-bond acceptors (Lipinski definition) is 3. The summed E-state index contributed by atoms with van der Waals surface area (Å²) in [6.07, 6.45) is 3.57. The van der Waals surface area contributed by atoms with E-state index in [1.54, 1.807) is 0 Å². The lowest BCUT2D eigenvalue weighted by molar-refractivity contribution is 0.0131. The lowest BCUT2D eigenvalue weighted by atomic mass is 10.0. The van der Waals surface area contributed by atoms with Crippen molar-refractivity contribution in [1.29, 1.82) is 0 Å². The van der Waals surface area contributed by atoms with Crippen molar-refractivity contribution in [2.75, 3.05) is 6.61 Å². The Morgan fingerprint density at radius 1 is 1.44 bits per heavy atom. The van der Waals surface area contributed by atoms with Gasteiger partial charge in [-0.1, -0.05) is 0 Å². The minimum atomic E-state index is -0.440. The van der Waals surface area contributed by atoms with Crippen LogP contribution in [0.2, 0.25) is 0 Å². The zero-order valence-corrected chi connectivity index (χ0v) is 9.78. The van der Waals surface area contributed by atoms with Crippen LogP contribution in [-0.4, -0.2) is 23.1 Å². The van der Waals surface area contributed by atoms with E-state index in [2.05, 4.69) is 10.2 Å². The number of hydrogen-bond donors (Lipinski definition) is 1. The van der Waals surface area contributed by atoms with Crippen LogP contribution in [0.15, 0.2) is 12.1 Å². The van der Waals surface area contributed by atoms with Crippen molar-refractivity contribution in [1.82, 2.24) is 10.2 Å². The number of aldehydes is 1. The van der Waals surface area contributed by atoms with Crippen LogP contribution in [0, 0.1) is 5.82 Å². The quantitative estimate of drug-likeness (QED) is 0.831. The van der Waals surface area contributed by atoms with Gasteiger partial charge in [0.2, 0.25) is 0 Å². The van der Waals surface area contributed by atoms with Crippen LogP contribution in [0.25, 0.3) is 10.9 Å². The molecule has 1 aliphatic heterocycles. The second kappa shape index (κ2) is 4.49. The molecule has 0 spiro atoms. The molecule has 5 heteroatoms. The molecule has 1 aromatic heterocycles. The Hall–Kier alpha value is -1.75. The molecule has 4 nitrogen and oxygen atoms in total. The standard InChI is InChI=1S/C13H13FN2O2/c14-9-5-8(7-17)12-10(6-9)15-16-13(12)11-3-1-2-4-18-11/h5-7,11H,1-4H2,(H,15,16). The number of halogens is 1. The summed E-state index contributed by atoms with van der Waals surface area (Å²) in [5.41, 5.74) is 1.58. The van der Waals surface area contributed by atoms with Gasteiger partial charge in [0, 0.05) is 17.6 Å². The minimum absolute atomic E-state index is 0.100. The number of rotatable bonds is 2. The molecular weight excluding hydrogens is 235 g/mol. The average molecular weight is 248 g/mol. The summed E-state index contributed by atoms with van der Waals surface area (Å²) in [6, 6.07) is 2.58. The van der Waals surface area contributed by atoms with Crippen molar-refractivity contribution in [2.24, 2.45) is 0 Å². The summed E-state index contributed by atoms with van der Waals surface area (Å²) in [7, 11) is 0. The van der Waals surface area contributed by atoms with Crippen molar-refractivity contribution in [3.8, 4) is 0 Å². The van der Waals surface area contributed by atoms with E-state index in [-0.39, 0.29) is 6.10 Å². The maximum atomic E-state index is 13.3. The Balaban J connectivity index is 2.14. The lowest BCUT2D eigenvalue weighted by Gasteiger charge is -2.21. The molecule has 1 saturated heterocycles. The Bertz CT molecular complexity index is 588. The van der Waals surface area contributed by atoms with Crippen molar-refractivity contribution >= 4 is 17.2 Å². The van der Waals surface area contributed by atoms with E-state index in [1.165, 1.54) is 12.1 Å². The van der Waals surface area contributed by atoms with Crippen molar-refractivity contribution in [3.05, 3.63) is 29.2 Å².